The zero-order valence-electron chi connectivity index (χ0n) is 15.5. The Kier molecular flexibility index (Phi) is 5.76. The van der Waals surface area contributed by atoms with E-state index in [-0.39, 0.29) is 19.0 Å². The van der Waals surface area contributed by atoms with Crippen molar-refractivity contribution in [2.45, 2.75) is 44.7 Å². The third-order valence-electron chi connectivity index (χ3n) is 5.49. The topological polar surface area (TPSA) is 58.4 Å². The van der Waals surface area contributed by atoms with Crippen LogP contribution in [0.15, 0.2) is 6.20 Å². The van der Waals surface area contributed by atoms with Crippen molar-refractivity contribution in [2.75, 3.05) is 26.2 Å². The molecule has 6 nitrogen and oxygen atoms in total. The second-order valence-electron chi connectivity index (χ2n) is 7.42. The Morgan fingerprint density at radius 2 is 1.70 bits per heavy atom. The molecule has 1 saturated heterocycles. The molecule has 27 heavy (non-hydrogen) atoms. The molecule has 0 aromatic carbocycles. The molecule has 0 radical (unpaired) electrons. The number of halogens is 3. The minimum Gasteiger partial charge on any atom is -0.339 e. The van der Waals surface area contributed by atoms with Crippen LogP contribution in [-0.4, -0.2) is 57.6 Å². The molecule has 150 valence electrons. The highest BCUT2D eigenvalue weighted by Crippen LogP contribution is 2.31. The van der Waals surface area contributed by atoms with Gasteiger partial charge in [-0.3, -0.25) is 14.3 Å². The van der Waals surface area contributed by atoms with E-state index in [9.17, 15) is 22.8 Å². The van der Waals surface area contributed by atoms with Gasteiger partial charge in [-0.2, -0.15) is 18.3 Å². The lowest BCUT2D eigenvalue weighted by Crippen LogP contribution is -2.50. The maximum atomic E-state index is 13.1. The molecule has 1 aliphatic carbocycles. The molecular weight excluding hydrogens is 361 g/mol. The van der Waals surface area contributed by atoms with E-state index in [1.165, 1.54) is 37.6 Å². The molecule has 3 rings (SSSR count). The van der Waals surface area contributed by atoms with Gasteiger partial charge in [-0.15, -0.1) is 0 Å². The fraction of sp³-hybridized carbons (Fsp3) is 0.722. The number of aromatic nitrogens is 2. The third kappa shape index (κ3) is 4.62. The molecule has 2 fully saturated rings. The number of rotatable bonds is 4. The van der Waals surface area contributed by atoms with Crippen molar-refractivity contribution in [2.24, 2.45) is 13.0 Å². The first-order valence-electron chi connectivity index (χ1n) is 9.43. The Morgan fingerprint density at radius 3 is 2.30 bits per heavy atom. The fourth-order valence-electron chi connectivity index (χ4n) is 3.97. The summed E-state index contributed by atoms with van der Waals surface area (Å²) in [6.45, 7) is 1.19. The summed E-state index contributed by atoms with van der Waals surface area (Å²) < 4.78 is 40.2. The minimum absolute atomic E-state index is 0.0753. The van der Waals surface area contributed by atoms with Crippen LogP contribution >= 0.6 is 0 Å². The first-order chi connectivity index (χ1) is 12.8. The highest BCUT2D eigenvalue weighted by molar-refractivity contribution is 5.95. The fourth-order valence-corrected chi connectivity index (χ4v) is 3.97. The molecule has 0 bridgehead atoms. The van der Waals surface area contributed by atoms with Gasteiger partial charge in [-0.1, -0.05) is 25.7 Å². The van der Waals surface area contributed by atoms with Crippen LogP contribution in [0.25, 0.3) is 0 Å². The molecule has 2 amide bonds. The number of hydrogen-bond acceptors (Lipinski definition) is 3. The number of carbonyl (C=O) groups excluding carboxylic acids is 2. The molecule has 0 atom stereocenters. The monoisotopic (exact) mass is 386 g/mol. The number of nitrogens with zero attached hydrogens (tertiary/aromatic N) is 4. The van der Waals surface area contributed by atoms with E-state index in [1.54, 1.807) is 4.90 Å². The van der Waals surface area contributed by atoms with Gasteiger partial charge in [0.05, 0.1) is 5.56 Å². The van der Waals surface area contributed by atoms with Crippen molar-refractivity contribution < 1.29 is 22.8 Å². The first kappa shape index (κ1) is 19.7. The van der Waals surface area contributed by atoms with Crippen LogP contribution in [-0.2, 0) is 18.0 Å². The number of piperazine rings is 1. The van der Waals surface area contributed by atoms with Crippen molar-refractivity contribution in [3.63, 3.8) is 0 Å². The molecule has 2 heterocycles. The third-order valence-corrected chi connectivity index (χ3v) is 5.49. The Bertz CT molecular complexity index is 687. The summed E-state index contributed by atoms with van der Waals surface area (Å²) in [7, 11) is 1.35. The van der Waals surface area contributed by atoms with Gasteiger partial charge in [0.25, 0.3) is 5.91 Å². The van der Waals surface area contributed by atoms with Gasteiger partial charge < -0.3 is 9.80 Å². The zero-order chi connectivity index (χ0) is 19.6. The lowest BCUT2D eigenvalue weighted by Gasteiger charge is -2.35. The smallest absolute Gasteiger partial charge is 0.339 e. The number of alkyl halides is 3. The van der Waals surface area contributed by atoms with E-state index in [0.717, 1.165) is 17.3 Å². The lowest BCUT2D eigenvalue weighted by molar-refractivity contribution is -0.141. The number of amides is 2. The average molecular weight is 386 g/mol. The highest BCUT2D eigenvalue weighted by Gasteiger charge is 2.40. The van der Waals surface area contributed by atoms with Gasteiger partial charge in [0.2, 0.25) is 5.91 Å². The second-order valence-corrected chi connectivity index (χ2v) is 7.42. The molecule has 0 unspecified atom stereocenters. The standard InChI is InChI=1S/C18H25F3N4O2/c1-23-12-14(16(22-23)18(19,20)21)17(27)25-10-8-24(9-11-25)15(26)7-6-13-4-2-3-5-13/h12-13H,2-11H2,1H3. The predicted octanol–water partition coefficient (Wildman–Crippen LogP) is 2.69. The second kappa shape index (κ2) is 7.90. The van der Waals surface area contributed by atoms with Crippen molar-refractivity contribution >= 4 is 11.8 Å². The van der Waals surface area contributed by atoms with Gasteiger partial charge in [-0.25, -0.2) is 0 Å². The molecule has 9 heteroatoms. The van der Waals surface area contributed by atoms with Gasteiger partial charge in [0.15, 0.2) is 5.69 Å². The van der Waals surface area contributed by atoms with Gasteiger partial charge >= 0.3 is 6.18 Å². The molecule has 1 aliphatic heterocycles. The molecule has 1 aromatic heterocycles. The van der Waals surface area contributed by atoms with Crippen LogP contribution in [0.2, 0.25) is 0 Å². The van der Waals surface area contributed by atoms with Crippen molar-refractivity contribution in [1.82, 2.24) is 19.6 Å². The Hall–Kier alpha value is -2.06. The van der Waals surface area contributed by atoms with Crippen LogP contribution in [0.4, 0.5) is 13.2 Å². The number of aryl methyl sites for hydroxylation is 1. The first-order valence-corrected chi connectivity index (χ1v) is 9.43. The van der Waals surface area contributed by atoms with Crippen LogP contribution in [0.5, 0.6) is 0 Å². The molecule has 2 aliphatic rings. The largest absolute Gasteiger partial charge is 0.435 e. The summed E-state index contributed by atoms with van der Waals surface area (Å²) in [5, 5.41) is 3.38. The van der Waals surface area contributed by atoms with E-state index in [1.807, 2.05) is 0 Å². The molecular formula is C18H25F3N4O2. The summed E-state index contributed by atoms with van der Waals surface area (Å²) in [6, 6.07) is 0. The quantitative estimate of drug-likeness (QED) is 0.800. The summed E-state index contributed by atoms with van der Waals surface area (Å²) >= 11 is 0. The summed E-state index contributed by atoms with van der Waals surface area (Å²) in [5.41, 5.74) is -1.60. The molecule has 0 spiro atoms. The normalized spacial score (nSPS) is 19.0. The van der Waals surface area contributed by atoms with Crippen molar-refractivity contribution in [3.8, 4) is 0 Å². The van der Waals surface area contributed by atoms with E-state index in [2.05, 4.69) is 5.10 Å². The Balaban J connectivity index is 1.54. The highest BCUT2D eigenvalue weighted by atomic mass is 19.4. The van der Waals surface area contributed by atoms with E-state index in [0.29, 0.717) is 25.4 Å². The van der Waals surface area contributed by atoms with Gasteiger partial charge in [0.1, 0.15) is 0 Å². The lowest BCUT2D eigenvalue weighted by atomic mass is 10.0. The van der Waals surface area contributed by atoms with E-state index < -0.39 is 23.3 Å². The SMILES string of the molecule is Cn1cc(C(=O)N2CCN(C(=O)CCC3CCCC3)CC2)c(C(F)(F)F)n1. The van der Waals surface area contributed by atoms with E-state index >= 15 is 0 Å². The van der Waals surface area contributed by atoms with Crippen molar-refractivity contribution in [3.05, 3.63) is 17.5 Å². The zero-order valence-corrected chi connectivity index (χ0v) is 15.5. The van der Waals surface area contributed by atoms with Gasteiger partial charge in [-0.05, 0) is 12.3 Å². The predicted molar refractivity (Wildman–Crippen MR) is 91.9 cm³/mol. The van der Waals surface area contributed by atoms with Crippen LogP contribution in [0.3, 0.4) is 0 Å². The Labute approximate surface area is 156 Å². The Morgan fingerprint density at radius 1 is 1.11 bits per heavy atom. The van der Waals surface area contributed by atoms with Crippen molar-refractivity contribution in [1.29, 1.82) is 0 Å². The van der Waals surface area contributed by atoms with Crippen LogP contribution in [0.1, 0.15) is 54.6 Å². The molecule has 0 N–H and O–H groups in total. The number of hydrogen-bond donors (Lipinski definition) is 0. The van der Waals surface area contributed by atoms with E-state index in [4.69, 9.17) is 0 Å². The number of carbonyl (C=O) groups is 2. The minimum atomic E-state index is -4.68. The average Bonchev–Trinajstić information content (AvgIpc) is 3.28. The summed E-state index contributed by atoms with van der Waals surface area (Å²) in [5.74, 6) is 0.0306. The van der Waals surface area contributed by atoms with Gasteiger partial charge in [0, 0.05) is 45.8 Å². The summed E-state index contributed by atoms with van der Waals surface area (Å²) in [4.78, 5) is 28.0. The van der Waals surface area contributed by atoms with Crippen LogP contribution in [0, 0.1) is 5.92 Å². The van der Waals surface area contributed by atoms with Crippen LogP contribution < -0.4 is 0 Å². The molecule has 1 aromatic rings. The maximum Gasteiger partial charge on any atom is 0.435 e. The maximum absolute atomic E-state index is 13.1. The summed E-state index contributed by atoms with van der Waals surface area (Å²) in [6.07, 6.45) is 2.73. The molecule has 1 saturated carbocycles.